The fourth-order valence-corrected chi connectivity index (χ4v) is 9.19. The molecule has 0 saturated heterocycles. The lowest BCUT2D eigenvalue weighted by molar-refractivity contribution is 1.17. The van der Waals surface area contributed by atoms with Crippen LogP contribution in [0.5, 0.6) is 0 Å². The fraction of sp³-hybridized carbons (Fsp3) is 0.0204. The third-order valence-corrected chi connectivity index (χ3v) is 11.5. The van der Waals surface area contributed by atoms with E-state index >= 15 is 0 Å². The largest absolute Gasteiger partial charge is 0.311 e. The van der Waals surface area contributed by atoms with Crippen molar-refractivity contribution in [2.45, 2.75) is 6.42 Å². The van der Waals surface area contributed by atoms with E-state index in [2.05, 4.69) is 198 Å². The molecule has 0 fully saturated rings. The summed E-state index contributed by atoms with van der Waals surface area (Å²) in [7, 11) is 0. The molecule has 0 N–H and O–H groups in total. The Morgan fingerprint density at radius 2 is 1.29 bits per heavy atom. The highest BCUT2D eigenvalue weighted by Gasteiger charge is 2.22. The van der Waals surface area contributed by atoms with Gasteiger partial charge in [0.1, 0.15) is 0 Å². The molecule has 1 aliphatic heterocycles. The minimum Gasteiger partial charge on any atom is -0.311 e. The Kier molecular flexibility index (Phi) is 7.26. The van der Waals surface area contributed by atoms with Gasteiger partial charge in [0.25, 0.3) is 0 Å². The van der Waals surface area contributed by atoms with E-state index in [4.69, 9.17) is 0 Å². The van der Waals surface area contributed by atoms with Gasteiger partial charge in [-0.15, -0.1) is 11.3 Å². The van der Waals surface area contributed by atoms with Gasteiger partial charge in [0.2, 0.25) is 0 Å². The number of anilines is 2. The van der Waals surface area contributed by atoms with Gasteiger partial charge in [0.15, 0.2) is 0 Å². The first-order chi connectivity index (χ1) is 25.7. The van der Waals surface area contributed by atoms with Gasteiger partial charge in [-0.3, -0.25) is 0 Å². The number of nitrogens with zero attached hydrogens (tertiary/aromatic N) is 2. The molecular weight excluding hydrogens is 649 g/mol. The molecule has 0 unspecified atom stereocenters. The molecule has 0 spiro atoms. The second-order valence-corrected chi connectivity index (χ2v) is 14.4. The predicted molar refractivity (Wildman–Crippen MR) is 224 cm³/mol. The average molecular weight is 683 g/mol. The number of allylic oxidation sites excluding steroid dienone is 4. The maximum absolute atomic E-state index is 4.68. The summed E-state index contributed by atoms with van der Waals surface area (Å²) in [5.41, 5.74) is 12.8. The third kappa shape index (κ3) is 4.93. The summed E-state index contributed by atoms with van der Waals surface area (Å²) >= 11 is 1.87. The molecule has 0 saturated carbocycles. The van der Waals surface area contributed by atoms with Gasteiger partial charge in [0, 0.05) is 53.6 Å². The zero-order valence-corrected chi connectivity index (χ0v) is 29.4. The summed E-state index contributed by atoms with van der Waals surface area (Å²) in [6.45, 7) is 4.68. The second-order valence-electron chi connectivity index (χ2n) is 13.4. The van der Waals surface area contributed by atoms with Crippen molar-refractivity contribution < 1.29 is 0 Å². The number of thiophene rings is 1. The molecule has 0 amide bonds. The first kappa shape index (κ1) is 30.4. The highest BCUT2D eigenvalue weighted by molar-refractivity contribution is 7.26. The summed E-state index contributed by atoms with van der Waals surface area (Å²) in [6.07, 6.45) is 9.43. The Bertz CT molecular complexity index is 2890. The van der Waals surface area contributed by atoms with Gasteiger partial charge in [-0.25, -0.2) is 0 Å². The summed E-state index contributed by atoms with van der Waals surface area (Å²) in [4.78, 5) is 2.37. The van der Waals surface area contributed by atoms with Gasteiger partial charge >= 0.3 is 0 Å². The molecule has 1 aliphatic rings. The molecule has 3 heterocycles. The van der Waals surface area contributed by atoms with Crippen LogP contribution in [0.3, 0.4) is 0 Å². The van der Waals surface area contributed by atoms with Crippen molar-refractivity contribution in [3.05, 3.63) is 200 Å². The molecule has 246 valence electrons. The molecule has 0 radical (unpaired) electrons. The standard InChI is InChI=1S/C49H34N2S/c1-33-16-5-2-8-19-35-28-29-36(39-24-15-26-45-48(39)41-23-11-13-25-44(41)51(45)37-20-9-4-10-21-37)30-46(35)50(33)38-31-42(34-17-6-3-7-18-34)49-43(32-38)40-22-12-14-27-47(40)52-49/h2-18,20-32H,1,19H2/b8-2-,16-5-. The number of fused-ring (bicyclic) bond motifs is 7. The van der Waals surface area contributed by atoms with Crippen LogP contribution in [-0.4, -0.2) is 4.57 Å². The van der Waals surface area contributed by atoms with E-state index in [1.807, 2.05) is 11.3 Å². The number of benzene rings is 7. The van der Waals surface area contributed by atoms with Gasteiger partial charge in [-0.1, -0.05) is 134 Å². The van der Waals surface area contributed by atoms with Crippen LogP contribution in [0.25, 0.3) is 69.9 Å². The maximum atomic E-state index is 4.68. The summed E-state index contributed by atoms with van der Waals surface area (Å²) in [6, 6.07) is 57.5. The highest BCUT2D eigenvalue weighted by Crippen LogP contribution is 2.46. The van der Waals surface area contributed by atoms with Crippen LogP contribution in [0.15, 0.2) is 194 Å². The van der Waals surface area contributed by atoms with Crippen molar-refractivity contribution in [1.29, 1.82) is 0 Å². The SMILES string of the molecule is C=C1/C=C\C=C/Cc2ccc(-c3cccc4c3c3ccccc3n4-c3ccccc3)cc2N1c1cc(-c2ccccc2)c2sc3ccccc3c2c1. The Balaban J connectivity index is 1.23. The molecule has 3 heteroatoms. The first-order valence-electron chi connectivity index (χ1n) is 17.8. The average Bonchev–Trinajstić information content (AvgIpc) is 3.76. The molecule has 0 atom stereocenters. The van der Waals surface area contributed by atoms with Crippen molar-refractivity contribution in [3.63, 3.8) is 0 Å². The van der Waals surface area contributed by atoms with Gasteiger partial charge in [-0.05, 0) is 83.3 Å². The first-order valence-corrected chi connectivity index (χ1v) is 18.6. The zero-order chi connectivity index (χ0) is 34.6. The molecule has 0 bridgehead atoms. The molecule has 2 aromatic heterocycles. The Hall–Kier alpha value is -6.42. The number of hydrogen-bond donors (Lipinski definition) is 0. The van der Waals surface area contributed by atoms with Crippen LogP contribution in [0.4, 0.5) is 11.4 Å². The van der Waals surface area contributed by atoms with E-state index in [1.54, 1.807) is 0 Å². The van der Waals surface area contributed by atoms with E-state index < -0.39 is 0 Å². The number of hydrogen-bond acceptors (Lipinski definition) is 2. The van der Waals surface area contributed by atoms with Crippen molar-refractivity contribution in [1.82, 2.24) is 4.57 Å². The molecule has 10 rings (SSSR count). The second kappa shape index (κ2) is 12.4. The highest BCUT2D eigenvalue weighted by atomic mass is 32.1. The topological polar surface area (TPSA) is 8.17 Å². The Morgan fingerprint density at radius 1 is 0.538 bits per heavy atom. The van der Waals surface area contributed by atoms with Crippen LogP contribution in [0.2, 0.25) is 0 Å². The van der Waals surface area contributed by atoms with E-state index in [1.165, 1.54) is 69.8 Å². The molecule has 9 aromatic rings. The van der Waals surface area contributed by atoms with Gasteiger partial charge < -0.3 is 9.47 Å². The predicted octanol–water partition coefficient (Wildman–Crippen LogP) is 13.8. The number of para-hydroxylation sites is 2. The summed E-state index contributed by atoms with van der Waals surface area (Å²) < 4.78 is 4.99. The maximum Gasteiger partial charge on any atom is 0.0547 e. The van der Waals surface area contributed by atoms with Gasteiger partial charge in [-0.2, -0.15) is 0 Å². The van der Waals surface area contributed by atoms with E-state index in [0.717, 1.165) is 29.2 Å². The minimum absolute atomic E-state index is 0.816. The van der Waals surface area contributed by atoms with Crippen LogP contribution in [-0.2, 0) is 6.42 Å². The summed E-state index contributed by atoms with van der Waals surface area (Å²) in [5, 5.41) is 5.05. The van der Waals surface area contributed by atoms with Crippen molar-refractivity contribution in [2.24, 2.45) is 0 Å². The van der Waals surface area contributed by atoms with E-state index in [0.29, 0.717) is 0 Å². The zero-order valence-electron chi connectivity index (χ0n) is 28.5. The lowest BCUT2D eigenvalue weighted by Gasteiger charge is -2.29. The van der Waals surface area contributed by atoms with Crippen molar-refractivity contribution in [3.8, 4) is 27.9 Å². The van der Waals surface area contributed by atoms with Crippen LogP contribution >= 0.6 is 11.3 Å². The number of rotatable bonds is 4. The van der Waals surface area contributed by atoms with Crippen LogP contribution in [0.1, 0.15) is 5.56 Å². The normalized spacial score (nSPS) is 14.4. The Morgan fingerprint density at radius 3 is 2.15 bits per heavy atom. The fourth-order valence-electron chi connectivity index (χ4n) is 7.97. The lowest BCUT2D eigenvalue weighted by Crippen LogP contribution is -2.16. The van der Waals surface area contributed by atoms with Gasteiger partial charge in [0.05, 0.1) is 16.7 Å². The van der Waals surface area contributed by atoms with E-state index in [9.17, 15) is 0 Å². The van der Waals surface area contributed by atoms with Crippen LogP contribution < -0.4 is 4.90 Å². The Labute approximate surface area is 307 Å². The summed E-state index contributed by atoms with van der Waals surface area (Å²) in [5.74, 6) is 0. The molecule has 52 heavy (non-hydrogen) atoms. The lowest BCUT2D eigenvalue weighted by atomic mass is 9.95. The molecule has 2 nitrogen and oxygen atoms in total. The minimum atomic E-state index is 0.816. The molecule has 0 aliphatic carbocycles. The smallest absolute Gasteiger partial charge is 0.0547 e. The van der Waals surface area contributed by atoms with Crippen molar-refractivity contribution in [2.75, 3.05) is 4.90 Å². The van der Waals surface area contributed by atoms with Crippen LogP contribution in [0, 0.1) is 0 Å². The third-order valence-electron chi connectivity index (χ3n) is 10.3. The quantitative estimate of drug-likeness (QED) is 0.179. The number of aromatic nitrogens is 1. The molecular formula is C49H34N2S. The monoisotopic (exact) mass is 682 g/mol. The molecule has 7 aromatic carbocycles. The van der Waals surface area contributed by atoms with Crippen molar-refractivity contribution >= 4 is 64.7 Å². The van der Waals surface area contributed by atoms with E-state index in [-0.39, 0.29) is 0 Å².